The van der Waals surface area contributed by atoms with Crippen LogP contribution < -0.4 is 5.32 Å². The van der Waals surface area contributed by atoms with Crippen molar-refractivity contribution in [3.8, 4) is 0 Å². The van der Waals surface area contributed by atoms with Crippen molar-refractivity contribution >= 4 is 11.8 Å². The molecular formula is C11H18N2O2. The quantitative estimate of drug-likeness (QED) is 0.735. The monoisotopic (exact) mass is 210 g/mol. The molecule has 0 bridgehead atoms. The number of nitrogens with one attached hydrogen (secondary N) is 1. The molecule has 0 radical (unpaired) electrons. The summed E-state index contributed by atoms with van der Waals surface area (Å²) >= 11 is 0. The van der Waals surface area contributed by atoms with Gasteiger partial charge in [0.15, 0.2) is 0 Å². The zero-order chi connectivity index (χ0) is 10.8. The summed E-state index contributed by atoms with van der Waals surface area (Å²) in [4.78, 5) is 25.1. The van der Waals surface area contributed by atoms with Gasteiger partial charge in [0, 0.05) is 25.6 Å². The van der Waals surface area contributed by atoms with Gasteiger partial charge in [-0.25, -0.2) is 0 Å². The molecule has 1 aliphatic heterocycles. The van der Waals surface area contributed by atoms with E-state index in [9.17, 15) is 9.59 Å². The Kier molecular flexibility index (Phi) is 2.93. The maximum absolute atomic E-state index is 11.6. The molecule has 4 nitrogen and oxygen atoms in total. The minimum atomic E-state index is -0.107. The molecule has 1 saturated carbocycles. The van der Waals surface area contributed by atoms with Gasteiger partial charge in [0.2, 0.25) is 11.8 Å². The summed E-state index contributed by atoms with van der Waals surface area (Å²) in [6, 6.07) is 0.446. The van der Waals surface area contributed by atoms with E-state index >= 15 is 0 Å². The van der Waals surface area contributed by atoms with Crippen molar-refractivity contribution in [1.82, 2.24) is 10.2 Å². The minimum absolute atomic E-state index is 0.0494. The lowest BCUT2D eigenvalue weighted by molar-refractivity contribution is -0.129. The van der Waals surface area contributed by atoms with Gasteiger partial charge in [0.05, 0.1) is 5.92 Å². The molecule has 0 spiro atoms. The molecule has 84 valence electrons. The molecule has 0 aromatic carbocycles. The standard InChI is InChI=1S/C11H18N2O2/c1-2-5-12-11(15)8-6-10(14)13(7-8)9-3-4-9/h8-9H,2-7H2,1H3,(H,12,15)/t8-/m0/s1. The van der Waals surface area contributed by atoms with Crippen LogP contribution in [0.5, 0.6) is 0 Å². The number of carbonyl (C=O) groups is 2. The molecule has 1 atom stereocenters. The average Bonchev–Trinajstić information content (AvgIpc) is 2.99. The number of likely N-dealkylation sites (tertiary alicyclic amines) is 1. The van der Waals surface area contributed by atoms with Gasteiger partial charge in [0.1, 0.15) is 0 Å². The molecule has 2 rings (SSSR count). The Morgan fingerprint density at radius 3 is 2.87 bits per heavy atom. The van der Waals surface area contributed by atoms with Gasteiger partial charge in [-0.15, -0.1) is 0 Å². The molecule has 0 aromatic rings. The number of nitrogens with zero attached hydrogens (tertiary/aromatic N) is 1. The molecule has 1 heterocycles. The maximum atomic E-state index is 11.6. The largest absolute Gasteiger partial charge is 0.356 e. The SMILES string of the molecule is CCCNC(=O)[C@H]1CC(=O)N(C2CC2)C1. The normalized spacial score (nSPS) is 25.8. The number of carbonyl (C=O) groups excluding carboxylic acids is 2. The highest BCUT2D eigenvalue weighted by atomic mass is 16.2. The molecule has 15 heavy (non-hydrogen) atoms. The van der Waals surface area contributed by atoms with Gasteiger partial charge in [-0.2, -0.15) is 0 Å². The van der Waals surface area contributed by atoms with Gasteiger partial charge in [-0.05, 0) is 19.3 Å². The van der Waals surface area contributed by atoms with Crippen molar-refractivity contribution in [2.45, 2.75) is 38.6 Å². The smallest absolute Gasteiger partial charge is 0.225 e. The summed E-state index contributed by atoms with van der Waals surface area (Å²) in [5.74, 6) is 0.104. The van der Waals surface area contributed by atoms with E-state index in [1.807, 2.05) is 11.8 Å². The Morgan fingerprint density at radius 1 is 1.53 bits per heavy atom. The second-order valence-electron chi connectivity index (χ2n) is 4.47. The minimum Gasteiger partial charge on any atom is -0.356 e. The summed E-state index contributed by atoms with van der Waals surface area (Å²) in [5.41, 5.74) is 0. The molecule has 0 unspecified atom stereocenters. The van der Waals surface area contributed by atoms with Crippen LogP contribution >= 0.6 is 0 Å². The second kappa shape index (κ2) is 4.21. The van der Waals surface area contributed by atoms with E-state index in [0.717, 1.165) is 19.3 Å². The van der Waals surface area contributed by atoms with Crippen molar-refractivity contribution in [2.75, 3.05) is 13.1 Å². The zero-order valence-corrected chi connectivity index (χ0v) is 9.16. The van der Waals surface area contributed by atoms with Gasteiger partial charge in [-0.1, -0.05) is 6.92 Å². The fraction of sp³-hybridized carbons (Fsp3) is 0.818. The lowest BCUT2D eigenvalue weighted by Crippen LogP contribution is -2.33. The predicted molar refractivity (Wildman–Crippen MR) is 56.1 cm³/mol. The molecule has 2 amide bonds. The number of rotatable bonds is 4. The maximum Gasteiger partial charge on any atom is 0.225 e. The van der Waals surface area contributed by atoms with Crippen LogP contribution in [0.3, 0.4) is 0 Å². The highest BCUT2D eigenvalue weighted by Crippen LogP contribution is 2.32. The van der Waals surface area contributed by atoms with Crippen molar-refractivity contribution < 1.29 is 9.59 Å². The first kappa shape index (κ1) is 10.5. The van der Waals surface area contributed by atoms with Gasteiger partial charge in [-0.3, -0.25) is 9.59 Å². The lowest BCUT2D eigenvalue weighted by atomic mass is 10.1. The van der Waals surface area contributed by atoms with Crippen LogP contribution in [-0.4, -0.2) is 35.8 Å². The van der Waals surface area contributed by atoms with E-state index in [0.29, 0.717) is 25.6 Å². The molecule has 1 saturated heterocycles. The van der Waals surface area contributed by atoms with E-state index in [-0.39, 0.29) is 17.7 Å². The molecular weight excluding hydrogens is 192 g/mol. The van der Waals surface area contributed by atoms with Crippen LogP contribution in [0, 0.1) is 5.92 Å². The second-order valence-corrected chi connectivity index (χ2v) is 4.47. The third kappa shape index (κ3) is 2.30. The molecule has 0 aromatic heterocycles. The highest BCUT2D eigenvalue weighted by molar-refractivity contribution is 5.89. The van der Waals surface area contributed by atoms with Gasteiger partial charge < -0.3 is 10.2 Å². The summed E-state index contributed by atoms with van der Waals surface area (Å²) in [6.45, 7) is 3.38. The van der Waals surface area contributed by atoms with Crippen molar-refractivity contribution in [3.05, 3.63) is 0 Å². The summed E-state index contributed by atoms with van der Waals surface area (Å²) in [7, 11) is 0. The van der Waals surface area contributed by atoms with Crippen molar-refractivity contribution in [2.24, 2.45) is 5.92 Å². The van der Waals surface area contributed by atoms with Gasteiger partial charge in [0.25, 0.3) is 0 Å². The van der Waals surface area contributed by atoms with Crippen LogP contribution in [0.15, 0.2) is 0 Å². The van der Waals surface area contributed by atoms with Crippen LogP contribution in [0.1, 0.15) is 32.6 Å². The lowest BCUT2D eigenvalue weighted by Gasteiger charge is -2.15. The number of hydrogen-bond donors (Lipinski definition) is 1. The van der Waals surface area contributed by atoms with E-state index in [1.165, 1.54) is 0 Å². The van der Waals surface area contributed by atoms with Crippen LogP contribution in [0.4, 0.5) is 0 Å². The fourth-order valence-corrected chi connectivity index (χ4v) is 2.04. The Morgan fingerprint density at radius 2 is 2.27 bits per heavy atom. The Bertz CT molecular complexity index is 274. The van der Waals surface area contributed by atoms with E-state index < -0.39 is 0 Å². The molecule has 2 fully saturated rings. The Balaban J connectivity index is 1.84. The Hall–Kier alpha value is -1.06. The fourth-order valence-electron chi connectivity index (χ4n) is 2.04. The first-order valence-electron chi connectivity index (χ1n) is 5.79. The van der Waals surface area contributed by atoms with Crippen molar-refractivity contribution in [3.63, 3.8) is 0 Å². The zero-order valence-electron chi connectivity index (χ0n) is 9.16. The molecule has 4 heteroatoms. The van der Waals surface area contributed by atoms with Crippen LogP contribution in [0.25, 0.3) is 0 Å². The highest BCUT2D eigenvalue weighted by Gasteiger charge is 2.41. The molecule has 1 aliphatic carbocycles. The first-order valence-corrected chi connectivity index (χ1v) is 5.79. The predicted octanol–water partition coefficient (Wildman–Crippen LogP) is 0.523. The van der Waals surface area contributed by atoms with E-state index in [2.05, 4.69) is 5.32 Å². The summed E-state index contributed by atoms with van der Waals surface area (Å²) in [5, 5.41) is 2.86. The Labute approximate surface area is 90.0 Å². The van der Waals surface area contributed by atoms with Crippen molar-refractivity contribution in [1.29, 1.82) is 0 Å². The van der Waals surface area contributed by atoms with Crippen LogP contribution in [-0.2, 0) is 9.59 Å². The first-order chi connectivity index (χ1) is 7.22. The van der Waals surface area contributed by atoms with Crippen LogP contribution in [0.2, 0.25) is 0 Å². The van der Waals surface area contributed by atoms with E-state index in [1.54, 1.807) is 0 Å². The molecule has 1 N–H and O–H groups in total. The topological polar surface area (TPSA) is 49.4 Å². The van der Waals surface area contributed by atoms with Gasteiger partial charge >= 0.3 is 0 Å². The number of amides is 2. The summed E-state index contributed by atoms with van der Waals surface area (Å²) < 4.78 is 0. The molecule has 2 aliphatic rings. The third-order valence-corrected chi connectivity index (χ3v) is 3.07. The van der Waals surface area contributed by atoms with E-state index in [4.69, 9.17) is 0 Å². The number of hydrogen-bond acceptors (Lipinski definition) is 2. The average molecular weight is 210 g/mol. The summed E-state index contributed by atoms with van der Waals surface area (Å²) in [6.07, 6.45) is 3.59. The third-order valence-electron chi connectivity index (χ3n) is 3.07.